The second-order valence-electron chi connectivity index (χ2n) is 2.64. The number of nitrogens with one attached hydrogen (secondary N) is 2. The van der Waals surface area contributed by atoms with E-state index in [9.17, 15) is 9.59 Å². The molecule has 0 aliphatic carbocycles. The Morgan fingerprint density at radius 1 is 1.12 bits per heavy atom. The van der Waals surface area contributed by atoms with Gasteiger partial charge in [-0.05, 0) is 12.1 Å². The second kappa shape index (κ2) is 5.34. The highest BCUT2D eigenvalue weighted by atomic mass is 35.6. The zero-order valence-electron chi connectivity index (χ0n) is 7.71. The number of halogens is 3. The Hall–Kier alpha value is -1.04. The normalized spacial score (nSPS) is 10.7. The SMILES string of the molecule is O=C(NNC(=O)C(Cl)(Cl)Cl)c1ccncc1. The van der Waals surface area contributed by atoms with Crippen LogP contribution in [0.4, 0.5) is 0 Å². The van der Waals surface area contributed by atoms with E-state index in [0.29, 0.717) is 5.56 Å². The van der Waals surface area contributed by atoms with Gasteiger partial charge in [0, 0.05) is 18.0 Å². The Morgan fingerprint density at radius 3 is 2.19 bits per heavy atom. The highest BCUT2D eigenvalue weighted by molar-refractivity contribution is 6.76. The number of amides is 2. The molecule has 0 atom stereocenters. The van der Waals surface area contributed by atoms with Gasteiger partial charge < -0.3 is 0 Å². The van der Waals surface area contributed by atoms with Gasteiger partial charge in [0.05, 0.1) is 0 Å². The van der Waals surface area contributed by atoms with Gasteiger partial charge >= 0.3 is 0 Å². The number of nitrogens with zero attached hydrogens (tertiary/aromatic N) is 1. The zero-order chi connectivity index (χ0) is 12.2. The maximum Gasteiger partial charge on any atom is 0.290 e. The molecule has 0 aliphatic heterocycles. The van der Waals surface area contributed by atoms with Crippen LogP contribution >= 0.6 is 34.8 Å². The summed E-state index contributed by atoms with van der Waals surface area (Å²) >= 11 is 15.8. The molecule has 2 amide bonds. The maximum atomic E-state index is 11.4. The highest BCUT2D eigenvalue weighted by Crippen LogP contribution is 2.25. The van der Waals surface area contributed by atoms with Crippen molar-refractivity contribution in [1.29, 1.82) is 0 Å². The van der Waals surface area contributed by atoms with Crippen LogP contribution < -0.4 is 10.9 Å². The van der Waals surface area contributed by atoms with Crippen molar-refractivity contribution in [3.05, 3.63) is 30.1 Å². The Bertz CT molecular complexity index is 391. The number of pyridine rings is 1. The molecule has 0 unspecified atom stereocenters. The first-order valence-corrected chi connectivity index (χ1v) is 5.12. The topological polar surface area (TPSA) is 71.1 Å². The summed E-state index contributed by atoms with van der Waals surface area (Å²) in [6, 6.07) is 2.94. The molecule has 0 fully saturated rings. The fourth-order valence-corrected chi connectivity index (χ4v) is 0.902. The summed E-state index contributed by atoms with van der Waals surface area (Å²) in [4.78, 5) is 26.2. The molecule has 0 spiro atoms. The molecule has 0 radical (unpaired) electrons. The Balaban J connectivity index is 2.52. The van der Waals surface area contributed by atoms with Gasteiger partial charge in [-0.15, -0.1) is 0 Å². The largest absolute Gasteiger partial charge is 0.290 e. The smallest absolute Gasteiger partial charge is 0.268 e. The summed E-state index contributed by atoms with van der Waals surface area (Å²) in [5, 5.41) is 0. The quantitative estimate of drug-likeness (QED) is 0.601. The van der Waals surface area contributed by atoms with Crippen molar-refractivity contribution in [3.8, 4) is 0 Å². The van der Waals surface area contributed by atoms with Gasteiger partial charge in [0.15, 0.2) is 0 Å². The lowest BCUT2D eigenvalue weighted by atomic mass is 10.3. The predicted octanol–water partition coefficient (Wildman–Crippen LogP) is 1.21. The van der Waals surface area contributed by atoms with Crippen molar-refractivity contribution in [2.24, 2.45) is 0 Å². The minimum absolute atomic E-state index is 0.319. The molecule has 1 aromatic rings. The molecular weight excluding hydrogens is 276 g/mol. The lowest BCUT2D eigenvalue weighted by molar-refractivity contribution is -0.120. The van der Waals surface area contributed by atoms with Crippen molar-refractivity contribution < 1.29 is 9.59 Å². The lowest BCUT2D eigenvalue weighted by Gasteiger charge is -2.11. The van der Waals surface area contributed by atoms with Crippen molar-refractivity contribution in [2.75, 3.05) is 0 Å². The number of hydrogen-bond acceptors (Lipinski definition) is 3. The molecule has 2 N–H and O–H groups in total. The summed E-state index contributed by atoms with van der Waals surface area (Å²) in [6.07, 6.45) is 2.87. The molecule has 1 heterocycles. The number of carbonyl (C=O) groups excluding carboxylic acids is 2. The zero-order valence-corrected chi connectivity index (χ0v) is 9.97. The minimum Gasteiger partial charge on any atom is -0.268 e. The number of alkyl halides is 3. The third-order valence-corrected chi connectivity index (χ3v) is 2.00. The van der Waals surface area contributed by atoms with Crippen LogP contribution in [0.25, 0.3) is 0 Å². The average molecular weight is 283 g/mol. The fraction of sp³-hybridized carbons (Fsp3) is 0.125. The van der Waals surface area contributed by atoms with Crippen molar-refractivity contribution in [2.45, 2.75) is 3.79 Å². The Labute approximate surface area is 106 Å². The number of hydrazine groups is 1. The van der Waals surface area contributed by atoms with E-state index in [0.717, 1.165) is 0 Å². The molecule has 1 aromatic heterocycles. The van der Waals surface area contributed by atoms with Crippen LogP contribution in [-0.2, 0) is 4.79 Å². The van der Waals surface area contributed by atoms with Gasteiger partial charge in [-0.3, -0.25) is 25.4 Å². The summed E-state index contributed by atoms with van der Waals surface area (Å²) in [6.45, 7) is 0. The van der Waals surface area contributed by atoms with Crippen molar-refractivity contribution in [3.63, 3.8) is 0 Å². The molecule has 0 saturated heterocycles. The standard InChI is InChI=1S/C8H6Cl3N3O2/c9-8(10,11)7(16)14-13-6(15)5-1-3-12-4-2-5/h1-4H,(H,13,15)(H,14,16). The maximum absolute atomic E-state index is 11.4. The van der Waals surface area contributed by atoms with Crippen molar-refractivity contribution in [1.82, 2.24) is 15.8 Å². The molecular formula is C8H6Cl3N3O2. The number of aromatic nitrogens is 1. The molecule has 0 bridgehead atoms. The van der Waals surface area contributed by atoms with E-state index in [2.05, 4.69) is 10.4 Å². The van der Waals surface area contributed by atoms with E-state index < -0.39 is 15.6 Å². The first-order chi connectivity index (χ1) is 7.41. The van der Waals surface area contributed by atoms with Gasteiger partial charge in [-0.2, -0.15) is 0 Å². The summed E-state index contributed by atoms with van der Waals surface area (Å²) < 4.78 is -2.12. The summed E-state index contributed by atoms with van der Waals surface area (Å²) in [5.41, 5.74) is 4.37. The van der Waals surface area contributed by atoms with Gasteiger partial charge in [0.25, 0.3) is 15.6 Å². The summed E-state index contributed by atoms with van der Waals surface area (Å²) in [7, 11) is 0. The van der Waals surface area contributed by atoms with Crippen LogP contribution in [0, 0.1) is 0 Å². The molecule has 0 aliphatic rings. The van der Waals surface area contributed by atoms with E-state index in [-0.39, 0.29) is 0 Å². The fourth-order valence-electron chi connectivity index (χ4n) is 0.760. The van der Waals surface area contributed by atoms with E-state index in [1.165, 1.54) is 24.5 Å². The van der Waals surface area contributed by atoms with Gasteiger partial charge in [0.2, 0.25) is 0 Å². The van der Waals surface area contributed by atoms with Gasteiger partial charge in [0.1, 0.15) is 0 Å². The van der Waals surface area contributed by atoms with E-state index in [1.807, 2.05) is 5.43 Å². The molecule has 1 rings (SSSR count). The average Bonchev–Trinajstić information content (AvgIpc) is 2.25. The Morgan fingerprint density at radius 2 is 1.69 bits per heavy atom. The van der Waals surface area contributed by atoms with Crippen LogP contribution in [0.3, 0.4) is 0 Å². The van der Waals surface area contributed by atoms with E-state index >= 15 is 0 Å². The number of hydrogen-bond donors (Lipinski definition) is 2. The van der Waals surface area contributed by atoms with Crippen LogP contribution in [0.2, 0.25) is 0 Å². The van der Waals surface area contributed by atoms with Gasteiger partial charge in [-0.1, -0.05) is 34.8 Å². The minimum atomic E-state index is -2.12. The van der Waals surface area contributed by atoms with Crippen LogP contribution in [0.15, 0.2) is 24.5 Å². The third kappa shape index (κ3) is 3.84. The highest BCUT2D eigenvalue weighted by Gasteiger charge is 2.30. The number of carbonyl (C=O) groups is 2. The van der Waals surface area contributed by atoms with Crippen LogP contribution in [0.5, 0.6) is 0 Å². The second-order valence-corrected chi connectivity index (χ2v) is 4.92. The van der Waals surface area contributed by atoms with Gasteiger partial charge in [-0.25, -0.2) is 0 Å². The predicted molar refractivity (Wildman–Crippen MR) is 60.1 cm³/mol. The monoisotopic (exact) mass is 281 g/mol. The Kier molecular flexibility index (Phi) is 4.35. The first kappa shape index (κ1) is 13.0. The molecule has 86 valence electrons. The lowest BCUT2D eigenvalue weighted by Crippen LogP contribution is -2.46. The molecule has 16 heavy (non-hydrogen) atoms. The first-order valence-electron chi connectivity index (χ1n) is 3.99. The van der Waals surface area contributed by atoms with Crippen LogP contribution in [0.1, 0.15) is 10.4 Å². The number of rotatable bonds is 1. The molecule has 8 heteroatoms. The van der Waals surface area contributed by atoms with Crippen LogP contribution in [-0.4, -0.2) is 20.6 Å². The summed E-state index contributed by atoms with van der Waals surface area (Å²) in [5.74, 6) is -1.48. The molecule has 5 nitrogen and oxygen atoms in total. The van der Waals surface area contributed by atoms with Crippen molar-refractivity contribution >= 4 is 46.6 Å². The van der Waals surface area contributed by atoms with E-state index in [4.69, 9.17) is 34.8 Å². The molecule has 0 aromatic carbocycles. The molecule has 0 saturated carbocycles. The third-order valence-electron chi connectivity index (χ3n) is 1.49. The van der Waals surface area contributed by atoms with E-state index in [1.54, 1.807) is 0 Å².